The van der Waals surface area contributed by atoms with Gasteiger partial charge in [0.2, 0.25) is 0 Å². The Bertz CT molecular complexity index is 867. The first kappa shape index (κ1) is 23.9. The Morgan fingerprint density at radius 2 is 1.78 bits per heavy atom. The first-order chi connectivity index (χ1) is 15.6. The number of aromatic nitrogens is 1. The Kier molecular flexibility index (Phi) is 8.73. The van der Waals surface area contributed by atoms with E-state index in [9.17, 15) is 5.11 Å². The summed E-state index contributed by atoms with van der Waals surface area (Å²) in [6, 6.07) is 9.89. The highest BCUT2D eigenvalue weighted by Crippen LogP contribution is 2.42. The molecule has 32 heavy (non-hydrogen) atoms. The van der Waals surface area contributed by atoms with E-state index in [4.69, 9.17) is 14.5 Å². The van der Waals surface area contributed by atoms with E-state index in [0.29, 0.717) is 19.0 Å². The van der Waals surface area contributed by atoms with Crippen LogP contribution in [0.25, 0.3) is 0 Å². The number of rotatable bonds is 9. The number of aliphatic hydroxyl groups excluding tert-OH is 1. The molecule has 0 amide bonds. The van der Waals surface area contributed by atoms with Gasteiger partial charge < -0.3 is 25.2 Å². The van der Waals surface area contributed by atoms with E-state index in [1.165, 1.54) is 24.8 Å². The van der Waals surface area contributed by atoms with Crippen LogP contribution in [-0.2, 0) is 5.41 Å². The van der Waals surface area contributed by atoms with Crippen molar-refractivity contribution < 1.29 is 14.6 Å². The van der Waals surface area contributed by atoms with Gasteiger partial charge in [0.25, 0.3) is 0 Å². The summed E-state index contributed by atoms with van der Waals surface area (Å²) in [6.07, 6.45) is 8.56. The SMILES string of the molecule is CCNC(=NCC1(c2ccc(OC)c(OC)c2)CCCCC1)NCC(O)c1ccncc1. The van der Waals surface area contributed by atoms with E-state index in [1.807, 2.05) is 25.1 Å². The lowest BCUT2D eigenvalue weighted by atomic mass is 9.69. The van der Waals surface area contributed by atoms with Crippen LogP contribution in [0.4, 0.5) is 0 Å². The Balaban J connectivity index is 1.78. The average molecular weight is 441 g/mol. The zero-order chi connectivity index (χ0) is 22.8. The van der Waals surface area contributed by atoms with E-state index >= 15 is 0 Å². The number of ether oxygens (including phenoxy) is 2. The van der Waals surface area contributed by atoms with Gasteiger partial charge in [-0.3, -0.25) is 9.98 Å². The number of benzene rings is 1. The fourth-order valence-electron chi connectivity index (χ4n) is 4.40. The summed E-state index contributed by atoms with van der Waals surface area (Å²) in [5, 5.41) is 17.1. The Morgan fingerprint density at radius 3 is 2.44 bits per heavy atom. The van der Waals surface area contributed by atoms with Crippen molar-refractivity contribution >= 4 is 5.96 Å². The molecule has 3 rings (SSSR count). The molecule has 1 heterocycles. The van der Waals surface area contributed by atoms with E-state index < -0.39 is 6.10 Å². The number of aliphatic imine (C=N–C) groups is 1. The van der Waals surface area contributed by atoms with Gasteiger partial charge in [-0.2, -0.15) is 0 Å². The molecule has 1 unspecified atom stereocenters. The van der Waals surface area contributed by atoms with Crippen LogP contribution < -0.4 is 20.1 Å². The van der Waals surface area contributed by atoms with Crippen LogP contribution in [0.3, 0.4) is 0 Å². The summed E-state index contributed by atoms with van der Waals surface area (Å²) in [6.45, 7) is 3.84. The van der Waals surface area contributed by atoms with Crippen molar-refractivity contribution in [2.24, 2.45) is 4.99 Å². The summed E-state index contributed by atoms with van der Waals surface area (Å²) in [4.78, 5) is 8.96. The molecule has 1 saturated carbocycles. The molecule has 0 spiro atoms. The fourth-order valence-corrected chi connectivity index (χ4v) is 4.40. The molecule has 174 valence electrons. The third-order valence-corrected chi connectivity index (χ3v) is 6.24. The molecule has 1 aromatic heterocycles. The van der Waals surface area contributed by atoms with E-state index in [-0.39, 0.29) is 5.41 Å². The molecule has 0 aliphatic heterocycles. The van der Waals surface area contributed by atoms with Gasteiger partial charge in [0, 0.05) is 30.9 Å². The van der Waals surface area contributed by atoms with Gasteiger partial charge in [0.1, 0.15) is 0 Å². The first-order valence-electron chi connectivity index (χ1n) is 11.4. The second kappa shape index (κ2) is 11.7. The molecule has 2 aromatic rings. The van der Waals surface area contributed by atoms with Crippen LogP contribution in [-0.4, -0.2) is 49.9 Å². The summed E-state index contributed by atoms with van der Waals surface area (Å²) in [5.41, 5.74) is 2.04. The molecular formula is C25H36N4O3. The Morgan fingerprint density at radius 1 is 1.06 bits per heavy atom. The van der Waals surface area contributed by atoms with Crippen molar-refractivity contribution in [2.45, 2.75) is 50.5 Å². The number of guanidine groups is 1. The zero-order valence-corrected chi connectivity index (χ0v) is 19.4. The molecule has 7 nitrogen and oxygen atoms in total. The molecule has 0 bridgehead atoms. The predicted molar refractivity (Wildman–Crippen MR) is 127 cm³/mol. The van der Waals surface area contributed by atoms with Gasteiger partial charge in [0.15, 0.2) is 17.5 Å². The number of nitrogens with zero attached hydrogens (tertiary/aromatic N) is 2. The molecule has 1 aliphatic carbocycles. The lowest BCUT2D eigenvalue weighted by Gasteiger charge is -2.37. The summed E-state index contributed by atoms with van der Waals surface area (Å²) >= 11 is 0. The van der Waals surface area contributed by atoms with E-state index in [2.05, 4.69) is 27.8 Å². The van der Waals surface area contributed by atoms with Gasteiger partial charge in [-0.15, -0.1) is 0 Å². The molecule has 0 radical (unpaired) electrons. The minimum Gasteiger partial charge on any atom is -0.493 e. The van der Waals surface area contributed by atoms with Crippen LogP contribution >= 0.6 is 0 Å². The third kappa shape index (κ3) is 5.91. The standard InChI is InChI=1S/C25H36N4O3/c1-4-27-24(28-17-21(30)19-10-14-26-15-11-19)29-18-25(12-6-5-7-13-25)20-8-9-22(31-2)23(16-20)32-3/h8-11,14-16,21,30H,4-7,12-13,17-18H2,1-3H3,(H2,27,28,29). The van der Waals surface area contributed by atoms with Crippen LogP contribution in [0.1, 0.15) is 56.3 Å². The summed E-state index contributed by atoms with van der Waals surface area (Å²) in [5.74, 6) is 2.21. The number of pyridine rings is 1. The van der Waals surface area contributed by atoms with Gasteiger partial charge >= 0.3 is 0 Å². The highest BCUT2D eigenvalue weighted by atomic mass is 16.5. The van der Waals surface area contributed by atoms with E-state index in [0.717, 1.165) is 36.4 Å². The summed E-state index contributed by atoms with van der Waals surface area (Å²) < 4.78 is 11.0. The number of aliphatic hydroxyl groups is 1. The largest absolute Gasteiger partial charge is 0.493 e. The van der Waals surface area contributed by atoms with Crippen LogP contribution in [0, 0.1) is 0 Å². The van der Waals surface area contributed by atoms with Crippen LogP contribution in [0.5, 0.6) is 11.5 Å². The maximum atomic E-state index is 10.5. The molecule has 1 aromatic carbocycles. The quantitative estimate of drug-likeness (QED) is 0.408. The lowest BCUT2D eigenvalue weighted by molar-refractivity contribution is 0.180. The molecule has 7 heteroatoms. The van der Waals surface area contributed by atoms with Crippen molar-refractivity contribution in [3.8, 4) is 11.5 Å². The summed E-state index contributed by atoms with van der Waals surface area (Å²) in [7, 11) is 3.33. The predicted octanol–water partition coefficient (Wildman–Crippen LogP) is 3.59. The third-order valence-electron chi connectivity index (χ3n) is 6.24. The molecule has 1 aliphatic rings. The van der Waals surface area contributed by atoms with Crippen molar-refractivity contribution in [3.05, 3.63) is 53.9 Å². The van der Waals surface area contributed by atoms with Crippen LogP contribution in [0.15, 0.2) is 47.7 Å². The minimum absolute atomic E-state index is 0.0378. The minimum atomic E-state index is -0.628. The zero-order valence-electron chi connectivity index (χ0n) is 19.4. The molecular weight excluding hydrogens is 404 g/mol. The molecule has 1 atom stereocenters. The maximum Gasteiger partial charge on any atom is 0.191 e. The monoisotopic (exact) mass is 440 g/mol. The number of hydrogen-bond donors (Lipinski definition) is 3. The normalized spacial score (nSPS) is 16.8. The van der Waals surface area contributed by atoms with Crippen LogP contribution in [0.2, 0.25) is 0 Å². The van der Waals surface area contributed by atoms with Crippen molar-refractivity contribution in [1.82, 2.24) is 15.6 Å². The Hall–Kier alpha value is -2.80. The average Bonchev–Trinajstić information content (AvgIpc) is 2.86. The number of methoxy groups -OCH3 is 2. The smallest absolute Gasteiger partial charge is 0.191 e. The van der Waals surface area contributed by atoms with Crippen molar-refractivity contribution in [1.29, 1.82) is 0 Å². The van der Waals surface area contributed by atoms with Crippen molar-refractivity contribution in [3.63, 3.8) is 0 Å². The van der Waals surface area contributed by atoms with Gasteiger partial charge in [0.05, 0.1) is 26.9 Å². The fraction of sp³-hybridized carbons (Fsp3) is 0.520. The topological polar surface area (TPSA) is 88.0 Å². The van der Waals surface area contributed by atoms with Crippen molar-refractivity contribution in [2.75, 3.05) is 33.9 Å². The van der Waals surface area contributed by atoms with E-state index in [1.54, 1.807) is 26.6 Å². The highest BCUT2D eigenvalue weighted by molar-refractivity contribution is 5.79. The highest BCUT2D eigenvalue weighted by Gasteiger charge is 2.34. The molecule has 3 N–H and O–H groups in total. The van der Waals surface area contributed by atoms with Gasteiger partial charge in [-0.05, 0) is 55.2 Å². The molecule has 0 saturated heterocycles. The molecule has 1 fully saturated rings. The second-order valence-electron chi connectivity index (χ2n) is 8.28. The Labute approximate surface area is 191 Å². The first-order valence-corrected chi connectivity index (χ1v) is 11.4. The number of nitrogens with one attached hydrogen (secondary N) is 2. The number of hydrogen-bond acceptors (Lipinski definition) is 5. The van der Waals surface area contributed by atoms with Gasteiger partial charge in [-0.25, -0.2) is 0 Å². The van der Waals surface area contributed by atoms with Gasteiger partial charge in [-0.1, -0.05) is 25.3 Å². The second-order valence-corrected chi connectivity index (χ2v) is 8.28. The maximum absolute atomic E-state index is 10.5. The lowest BCUT2D eigenvalue weighted by Crippen LogP contribution is -2.41.